The van der Waals surface area contributed by atoms with Gasteiger partial charge in [-0.15, -0.1) is 0 Å². The molecule has 30 heavy (non-hydrogen) atoms. The molecule has 0 fully saturated rings. The van der Waals surface area contributed by atoms with Gasteiger partial charge in [-0.1, -0.05) is 0 Å². The minimum Gasteiger partial charge on any atom is -0.383 e. The molecule has 1 aromatic carbocycles. The summed E-state index contributed by atoms with van der Waals surface area (Å²) in [6.07, 6.45) is 5.98. The van der Waals surface area contributed by atoms with Crippen molar-refractivity contribution in [1.82, 2.24) is 30.2 Å². The SMILES string of the molecule is CCNC(=NCC(C)(O)c1cnn(C)c1)NCCc1ccn(-c2ccc(F)cc2)n1. The first kappa shape index (κ1) is 21.5. The van der Waals surface area contributed by atoms with Crippen LogP contribution in [0.3, 0.4) is 0 Å². The average molecular weight is 414 g/mol. The van der Waals surface area contributed by atoms with Crippen molar-refractivity contribution in [3.63, 3.8) is 0 Å². The van der Waals surface area contributed by atoms with Gasteiger partial charge in [-0.3, -0.25) is 4.68 Å². The van der Waals surface area contributed by atoms with Crippen molar-refractivity contribution in [1.29, 1.82) is 0 Å². The van der Waals surface area contributed by atoms with E-state index in [4.69, 9.17) is 0 Å². The number of guanidine groups is 1. The summed E-state index contributed by atoms with van der Waals surface area (Å²) in [6, 6.07) is 8.14. The van der Waals surface area contributed by atoms with Crippen LogP contribution in [-0.2, 0) is 19.1 Å². The van der Waals surface area contributed by atoms with Crippen LogP contribution in [0.5, 0.6) is 0 Å². The third-order valence-corrected chi connectivity index (χ3v) is 4.63. The van der Waals surface area contributed by atoms with Crippen LogP contribution in [0, 0.1) is 5.82 Å². The van der Waals surface area contributed by atoms with Gasteiger partial charge in [-0.2, -0.15) is 10.2 Å². The Morgan fingerprint density at radius 1 is 1.23 bits per heavy atom. The van der Waals surface area contributed by atoms with Crippen molar-refractivity contribution in [2.24, 2.45) is 12.0 Å². The number of nitrogens with one attached hydrogen (secondary N) is 2. The highest BCUT2D eigenvalue weighted by atomic mass is 19.1. The first-order valence-corrected chi connectivity index (χ1v) is 9.91. The van der Waals surface area contributed by atoms with Crippen molar-refractivity contribution >= 4 is 5.96 Å². The number of aromatic nitrogens is 4. The monoisotopic (exact) mass is 413 g/mol. The minimum absolute atomic E-state index is 0.202. The molecule has 0 aliphatic carbocycles. The molecule has 0 amide bonds. The molecular weight excluding hydrogens is 385 g/mol. The molecule has 9 heteroatoms. The van der Waals surface area contributed by atoms with Gasteiger partial charge in [0.25, 0.3) is 0 Å². The quantitative estimate of drug-likeness (QED) is 0.387. The van der Waals surface area contributed by atoms with Crippen LogP contribution in [0.4, 0.5) is 4.39 Å². The number of hydrogen-bond acceptors (Lipinski definition) is 4. The van der Waals surface area contributed by atoms with Crippen molar-refractivity contribution in [3.05, 3.63) is 66.0 Å². The molecule has 3 N–H and O–H groups in total. The van der Waals surface area contributed by atoms with Crippen molar-refractivity contribution in [3.8, 4) is 5.69 Å². The molecule has 2 heterocycles. The average Bonchev–Trinajstić information content (AvgIpc) is 3.36. The molecule has 0 saturated carbocycles. The van der Waals surface area contributed by atoms with E-state index in [2.05, 4.69) is 25.8 Å². The van der Waals surface area contributed by atoms with E-state index in [1.54, 1.807) is 40.8 Å². The molecule has 1 unspecified atom stereocenters. The summed E-state index contributed by atoms with van der Waals surface area (Å²) in [5, 5.41) is 25.8. The Kier molecular flexibility index (Phi) is 6.83. The van der Waals surface area contributed by atoms with E-state index in [1.807, 2.05) is 26.2 Å². The lowest BCUT2D eigenvalue weighted by molar-refractivity contribution is 0.0672. The van der Waals surface area contributed by atoms with Crippen LogP contribution in [0.15, 0.2) is 53.9 Å². The van der Waals surface area contributed by atoms with Crippen molar-refractivity contribution < 1.29 is 9.50 Å². The van der Waals surface area contributed by atoms with Crippen molar-refractivity contribution in [2.45, 2.75) is 25.9 Å². The van der Waals surface area contributed by atoms with Gasteiger partial charge >= 0.3 is 0 Å². The molecule has 0 spiro atoms. The van der Waals surface area contributed by atoms with E-state index >= 15 is 0 Å². The summed E-state index contributed by atoms with van der Waals surface area (Å²) < 4.78 is 16.4. The van der Waals surface area contributed by atoms with Crippen LogP contribution in [0.1, 0.15) is 25.1 Å². The predicted octanol–water partition coefficient (Wildman–Crippen LogP) is 1.75. The number of halogens is 1. The Hall–Kier alpha value is -3.20. The number of nitrogens with zero attached hydrogens (tertiary/aromatic N) is 5. The predicted molar refractivity (Wildman–Crippen MR) is 114 cm³/mol. The Balaban J connectivity index is 1.56. The molecule has 0 saturated heterocycles. The van der Waals surface area contributed by atoms with E-state index in [0.29, 0.717) is 25.5 Å². The van der Waals surface area contributed by atoms with E-state index in [9.17, 15) is 9.50 Å². The number of aliphatic hydroxyl groups is 1. The number of hydrogen-bond donors (Lipinski definition) is 3. The first-order chi connectivity index (χ1) is 14.4. The molecule has 0 bridgehead atoms. The Morgan fingerprint density at radius 3 is 2.67 bits per heavy atom. The van der Waals surface area contributed by atoms with Gasteiger partial charge in [0.15, 0.2) is 5.96 Å². The Bertz CT molecular complexity index is 975. The lowest BCUT2D eigenvalue weighted by atomic mass is 10.0. The molecular formula is C21H28FN7O. The second-order valence-corrected chi connectivity index (χ2v) is 7.28. The van der Waals surface area contributed by atoms with Crippen LogP contribution in [0.2, 0.25) is 0 Å². The van der Waals surface area contributed by atoms with E-state index in [1.165, 1.54) is 12.1 Å². The fourth-order valence-corrected chi connectivity index (χ4v) is 2.91. The molecule has 0 radical (unpaired) electrons. The van der Waals surface area contributed by atoms with Gasteiger partial charge in [0.05, 0.1) is 24.1 Å². The van der Waals surface area contributed by atoms with Gasteiger partial charge in [0.1, 0.15) is 11.4 Å². The summed E-state index contributed by atoms with van der Waals surface area (Å²) in [6.45, 7) is 5.24. The minimum atomic E-state index is -1.11. The highest BCUT2D eigenvalue weighted by Gasteiger charge is 2.24. The summed E-state index contributed by atoms with van der Waals surface area (Å²) in [7, 11) is 1.81. The van der Waals surface area contributed by atoms with Gasteiger partial charge in [-0.25, -0.2) is 14.1 Å². The maximum Gasteiger partial charge on any atom is 0.191 e. The van der Waals surface area contributed by atoms with Crippen LogP contribution >= 0.6 is 0 Å². The third-order valence-electron chi connectivity index (χ3n) is 4.63. The number of benzene rings is 1. The van der Waals surface area contributed by atoms with E-state index < -0.39 is 5.60 Å². The molecule has 0 aliphatic rings. The summed E-state index contributed by atoms with van der Waals surface area (Å²) in [4.78, 5) is 4.51. The first-order valence-electron chi connectivity index (χ1n) is 9.91. The van der Waals surface area contributed by atoms with Crippen LogP contribution < -0.4 is 10.6 Å². The van der Waals surface area contributed by atoms with Gasteiger partial charge in [-0.05, 0) is 44.2 Å². The summed E-state index contributed by atoms with van der Waals surface area (Å²) in [5.41, 5.74) is 1.33. The fraction of sp³-hybridized carbons (Fsp3) is 0.381. The number of aliphatic imine (C=N–C) groups is 1. The van der Waals surface area contributed by atoms with Gasteiger partial charge < -0.3 is 15.7 Å². The Labute approximate surface area is 175 Å². The lowest BCUT2D eigenvalue weighted by Gasteiger charge is -2.20. The van der Waals surface area contributed by atoms with Crippen LogP contribution in [-0.4, -0.2) is 50.3 Å². The van der Waals surface area contributed by atoms with E-state index in [-0.39, 0.29) is 12.4 Å². The number of rotatable bonds is 8. The highest BCUT2D eigenvalue weighted by Crippen LogP contribution is 2.19. The molecule has 160 valence electrons. The summed E-state index contributed by atoms with van der Waals surface area (Å²) in [5.74, 6) is 0.354. The Morgan fingerprint density at radius 2 is 2.00 bits per heavy atom. The molecule has 3 rings (SSSR count). The standard InChI is InChI=1S/C21H28FN7O/c1-4-23-20(25-15-21(2,30)16-13-26-28(3)14-16)24-11-9-18-10-12-29(27-18)19-7-5-17(22)6-8-19/h5-8,10,12-14,30H,4,9,11,15H2,1-3H3,(H2,23,24,25). The number of aryl methyl sites for hydroxylation is 1. The second kappa shape index (κ2) is 9.53. The zero-order valence-corrected chi connectivity index (χ0v) is 17.5. The van der Waals surface area contributed by atoms with E-state index in [0.717, 1.165) is 16.9 Å². The normalized spacial score (nSPS) is 13.8. The fourth-order valence-electron chi connectivity index (χ4n) is 2.91. The zero-order chi connectivity index (χ0) is 21.6. The topological polar surface area (TPSA) is 92.3 Å². The maximum atomic E-state index is 13.1. The maximum absolute atomic E-state index is 13.1. The van der Waals surface area contributed by atoms with Crippen LogP contribution in [0.25, 0.3) is 5.69 Å². The van der Waals surface area contributed by atoms with Crippen molar-refractivity contribution in [2.75, 3.05) is 19.6 Å². The molecule has 3 aromatic rings. The molecule has 1 atom stereocenters. The lowest BCUT2D eigenvalue weighted by Crippen LogP contribution is -2.39. The molecule has 0 aliphatic heterocycles. The largest absolute Gasteiger partial charge is 0.383 e. The molecule has 8 nitrogen and oxygen atoms in total. The van der Waals surface area contributed by atoms with Gasteiger partial charge in [0, 0.05) is 44.5 Å². The summed E-state index contributed by atoms with van der Waals surface area (Å²) >= 11 is 0. The third kappa shape index (κ3) is 5.66. The second-order valence-electron chi connectivity index (χ2n) is 7.28. The zero-order valence-electron chi connectivity index (χ0n) is 17.5. The van der Waals surface area contributed by atoms with Gasteiger partial charge in [0.2, 0.25) is 0 Å². The highest BCUT2D eigenvalue weighted by molar-refractivity contribution is 5.79. The molecule has 2 aromatic heterocycles. The smallest absolute Gasteiger partial charge is 0.191 e.